The van der Waals surface area contributed by atoms with Gasteiger partial charge in [-0.1, -0.05) is 6.58 Å². The fourth-order valence-electron chi connectivity index (χ4n) is 6.51. The highest BCUT2D eigenvalue weighted by atomic mass is 19.1. The van der Waals surface area contributed by atoms with Gasteiger partial charge in [-0.3, -0.25) is 4.98 Å². The van der Waals surface area contributed by atoms with Gasteiger partial charge in [0.2, 0.25) is 0 Å². The second-order valence-corrected chi connectivity index (χ2v) is 10.7. The van der Waals surface area contributed by atoms with E-state index < -0.39 is 0 Å². The summed E-state index contributed by atoms with van der Waals surface area (Å²) in [6, 6.07) is 5.75. The summed E-state index contributed by atoms with van der Waals surface area (Å²) in [5, 5.41) is 3.14. The van der Waals surface area contributed by atoms with Crippen LogP contribution in [0.15, 0.2) is 31.0 Å². The molecule has 190 valence electrons. The summed E-state index contributed by atoms with van der Waals surface area (Å²) in [4.78, 5) is 18.8. The van der Waals surface area contributed by atoms with Crippen LogP contribution in [-0.4, -0.2) is 53.1 Å². The average Bonchev–Trinajstić information content (AvgIpc) is 3.49. The minimum Gasteiger partial charge on any atom is -0.423 e. The third-order valence-electron chi connectivity index (χ3n) is 8.77. The average molecular weight is 500 g/mol. The number of fused-ring (bicyclic) bond motifs is 5. The lowest BCUT2D eigenvalue weighted by Gasteiger charge is -2.36. The molecule has 9 heteroatoms. The van der Waals surface area contributed by atoms with Crippen LogP contribution in [0.4, 0.5) is 15.9 Å². The molecule has 0 spiro atoms. The lowest BCUT2D eigenvalue weighted by Crippen LogP contribution is -2.46. The highest BCUT2D eigenvalue weighted by Gasteiger charge is 2.46. The minimum atomic E-state index is -0.283. The summed E-state index contributed by atoms with van der Waals surface area (Å²) in [5.74, 6) is 2.10. The Morgan fingerprint density at radius 1 is 1.19 bits per heavy atom. The van der Waals surface area contributed by atoms with Gasteiger partial charge in [0.15, 0.2) is 0 Å². The molecule has 0 bridgehead atoms. The molecular weight excluding hydrogens is 469 g/mol. The molecule has 2 aromatic heterocycles. The molecule has 37 heavy (non-hydrogen) atoms. The monoisotopic (exact) mass is 499 g/mol. The van der Waals surface area contributed by atoms with Crippen molar-refractivity contribution in [3.8, 4) is 22.9 Å². The Labute approximate surface area is 215 Å². The summed E-state index contributed by atoms with van der Waals surface area (Å²) in [7, 11) is 3.83. The maximum atomic E-state index is 14.6. The van der Waals surface area contributed by atoms with Crippen molar-refractivity contribution in [1.82, 2.24) is 19.9 Å². The van der Waals surface area contributed by atoms with E-state index in [4.69, 9.17) is 20.4 Å². The number of aromatic nitrogens is 3. The van der Waals surface area contributed by atoms with E-state index in [1.54, 1.807) is 12.3 Å². The molecule has 4 atom stereocenters. The molecule has 4 aliphatic rings. The molecule has 3 unspecified atom stereocenters. The van der Waals surface area contributed by atoms with Gasteiger partial charge >= 0.3 is 6.01 Å². The number of anilines is 2. The second-order valence-electron chi connectivity index (χ2n) is 10.7. The van der Waals surface area contributed by atoms with Gasteiger partial charge in [0.25, 0.3) is 0 Å². The fourth-order valence-corrected chi connectivity index (χ4v) is 6.51. The van der Waals surface area contributed by atoms with Crippen molar-refractivity contribution in [3.63, 3.8) is 0 Å². The van der Waals surface area contributed by atoms with Crippen LogP contribution in [0.1, 0.15) is 41.9 Å². The van der Waals surface area contributed by atoms with Crippen LogP contribution in [0.25, 0.3) is 16.8 Å². The SMILES string of the molecule is C=C1c2cc(Oc3nc4c(c(N5CC6C[C@@H](N)C6C5)n3)-c3cc(F)cc(NC)c3C4)cnc2C(C)N1C. The molecule has 8 nitrogen and oxygen atoms in total. The molecular formula is C28H30FN7O. The Kier molecular flexibility index (Phi) is 4.79. The molecule has 7 rings (SSSR count). The zero-order chi connectivity index (χ0) is 25.6. The summed E-state index contributed by atoms with van der Waals surface area (Å²) >= 11 is 0. The first-order valence-electron chi connectivity index (χ1n) is 12.8. The van der Waals surface area contributed by atoms with E-state index in [1.165, 1.54) is 6.07 Å². The van der Waals surface area contributed by atoms with Crippen LogP contribution in [-0.2, 0) is 6.42 Å². The molecule has 1 aromatic carbocycles. The number of nitrogens with zero attached hydrogens (tertiary/aromatic N) is 5. The summed E-state index contributed by atoms with van der Waals surface area (Å²) in [5.41, 5.74) is 13.5. The molecule has 1 saturated heterocycles. The number of nitrogens with two attached hydrogens (primary N) is 1. The van der Waals surface area contributed by atoms with Crippen molar-refractivity contribution in [2.24, 2.45) is 17.6 Å². The lowest BCUT2D eigenvalue weighted by molar-refractivity contribution is 0.194. The number of pyridine rings is 1. The Morgan fingerprint density at radius 3 is 2.78 bits per heavy atom. The smallest absolute Gasteiger partial charge is 0.324 e. The molecule has 2 aliphatic carbocycles. The first-order chi connectivity index (χ1) is 17.8. The maximum Gasteiger partial charge on any atom is 0.324 e. The van der Waals surface area contributed by atoms with Crippen molar-refractivity contribution in [3.05, 3.63) is 59.3 Å². The molecule has 0 amide bonds. The predicted octanol–water partition coefficient (Wildman–Crippen LogP) is 4.18. The van der Waals surface area contributed by atoms with Gasteiger partial charge in [0, 0.05) is 62.2 Å². The van der Waals surface area contributed by atoms with E-state index >= 15 is 0 Å². The quantitative estimate of drug-likeness (QED) is 0.432. The van der Waals surface area contributed by atoms with Gasteiger partial charge < -0.3 is 25.6 Å². The van der Waals surface area contributed by atoms with Gasteiger partial charge in [-0.15, -0.1) is 0 Å². The Morgan fingerprint density at radius 2 is 2.03 bits per heavy atom. The van der Waals surface area contributed by atoms with Crippen LogP contribution >= 0.6 is 0 Å². The molecule has 0 radical (unpaired) electrons. The van der Waals surface area contributed by atoms with E-state index in [0.717, 1.165) is 70.4 Å². The third kappa shape index (κ3) is 3.26. The Bertz CT molecular complexity index is 1470. The molecule has 2 fully saturated rings. The number of ether oxygens (including phenoxy) is 1. The Hall–Kier alpha value is -3.72. The molecule has 3 N–H and O–H groups in total. The molecule has 4 heterocycles. The maximum absolute atomic E-state index is 14.6. The number of rotatable bonds is 4. The highest BCUT2D eigenvalue weighted by molar-refractivity contribution is 5.88. The highest BCUT2D eigenvalue weighted by Crippen LogP contribution is 2.49. The summed E-state index contributed by atoms with van der Waals surface area (Å²) in [6.45, 7) is 8.03. The normalized spacial score (nSPS) is 24.9. The number of benzene rings is 1. The topological polar surface area (TPSA) is 92.4 Å². The number of hydrogen-bond donors (Lipinski definition) is 2. The van der Waals surface area contributed by atoms with Crippen LogP contribution in [0.2, 0.25) is 0 Å². The molecule has 1 saturated carbocycles. The van der Waals surface area contributed by atoms with Crippen LogP contribution in [0.5, 0.6) is 11.8 Å². The summed E-state index contributed by atoms with van der Waals surface area (Å²) in [6.07, 6.45) is 3.33. The second kappa shape index (κ2) is 7.89. The van der Waals surface area contributed by atoms with E-state index in [2.05, 4.69) is 33.6 Å². The number of hydrogen-bond acceptors (Lipinski definition) is 8. The van der Waals surface area contributed by atoms with E-state index in [1.807, 2.05) is 20.2 Å². The van der Waals surface area contributed by atoms with Crippen LogP contribution in [0.3, 0.4) is 0 Å². The zero-order valence-electron chi connectivity index (χ0n) is 21.3. The van der Waals surface area contributed by atoms with Gasteiger partial charge in [0.1, 0.15) is 17.4 Å². The van der Waals surface area contributed by atoms with E-state index in [0.29, 0.717) is 24.0 Å². The first-order valence-corrected chi connectivity index (χ1v) is 12.8. The zero-order valence-corrected chi connectivity index (χ0v) is 21.3. The Balaban J connectivity index is 1.31. The van der Waals surface area contributed by atoms with Crippen LogP contribution in [0, 0.1) is 17.7 Å². The van der Waals surface area contributed by atoms with Crippen LogP contribution < -0.4 is 20.7 Å². The van der Waals surface area contributed by atoms with E-state index in [9.17, 15) is 4.39 Å². The molecule has 2 aliphatic heterocycles. The van der Waals surface area contributed by atoms with E-state index in [-0.39, 0.29) is 23.9 Å². The van der Waals surface area contributed by atoms with Crippen molar-refractivity contribution >= 4 is 17.2 Å². The van der Waals surface area contributed by atoms with Gasteiger partial charge in [-0.05, 0) is 54.5 Å². The van der Waals surface area contributed by atoms with Gasteiger partial charge in [-0.25, -0.2) is 4.39 Å². The van der Waals surface area contributed by atoms with Crippen molar-refractivity contribution < 1.29 is 9.13 Å². The predicted molar refractivity (Wildman–Crippen MR) is 141 cm³/mol. The fraction of sp³-hybridized carbons (Fsp3) is 0.393. The minimum absolute atomic E-state index is 0.163. The van der Waals surface area contributed by atoms with Gasteiger partial charge in [0.05, 0.1) is 23.6 Å². The lowest BCUT2D eigenvalue weighted by atomic mass is 9.72. The molecule has 3 aromatic rings. The standard InChI is InChI=1S/C28H30FN7O/c1-13-18-8-17(10-32-26(18)14(2)35(13)4)37-28-33-24-9-19-20(6-16(29)7-23(19)31-3)25(24)27(34-28)36-11-15-5-22(30)21(15)12-36/h6-8,10,14-15,21-22,31H,1,5,9,11-12,30H2,2-4H3/t14?,15?,21?,22-/m1/s1. The van der Waals surface area contributed by atoms with Crippen molar-refractivity contribution in [2.45, 2.75) is 31.8 Å². The first kappa shape index (κ1) is 22.5. The van der Waals surface area contributed by atoms with Gasteiger partial charge in [-0.2, -0.15) is 9.97 Å². The number of nitrogens with one attached hydrogen (secondary N) is 1. The third-order valence-corrected chi connectivity index (χ3v) is 8.77. The van der Waals surface area contributed by atoms with Crippen molar-refractivity contribution in [2.75, 3.05) is 37.4 Å². The largest absolute Gasteiger partial charge is 0.423 e. The number of halogens is 1. The summed E-state index contributed by atoms with van der Waals surface area (Å²) < 4.78 is 20.8. The van der Waals surface area contributed by atoms with Crippen molar-refractivity contribution in [1.29, 1.82) is 0 Å².